The van der Waals surface area contributed by atoms with Gasteiger partial charge in [-0.3, -0.25) is 9.59 Å². The number of ketones is 1. The largest absolute Gasteiger partial charge is 0.481 e. The molecule has 1 unspecified atom stereocenters. The molecule has 3 aromatic carbocycles. The molecule has 0 radical (unpaired) electrons. The lowest BCUT2D eigenvalue weighted by Gasteiger charge is -2.12. The van der Waals surface area contributed by atoms with Gasteiger partial charge in [-0.05, 0) is 60.7 Å². The molecule has 174 valence electrons. The first-order valence-corrected chi connectivity index (χ1v) is 11.8. The molecule has 0 aliphatic rings. The molecule has 0 spiro atoms. The van der Waals surface area contributed by atoms with E-state index in [1.54, 1.807) is 12.1 Å². The highest BCUT2D eigenvalue weighted by atomic mass is 16.4. The monoisotopic (exact) mass is 454 g/mol. The number of carboxylic acids is 1. The average molecular weight is 455 g/mol. The maximum absolute atomic E-state index is 12.7. The van der Waals surface area contributed by atoms with Gasteiger partial charge >= 0.3 is 5.97 Å². The molecule has 4 rings (SSSR count). The minimum atomic E-state index is -1.11. The second-order valence-electron chi connectivity index (χ2n) is 8.86. The minimum absolute atomic E-state index is 0.389. The molecule has 0 saturated heterocycles. The van der Waals surface area contributed by atoms with Gasteiger partial charge in [-0.2, -0.15) is 0 Å². The fraction of sp³-hybridized carbons (Fsp3) is 0.276. The molecule has 1 aromatic heterocycles. The van der Waals surface area contributed by atoms with Crippen molar-refractivity contribution in [2.24, 2.45) is 5.92 Å². The molecule has 0 fully saturated rings. The average Bonchev–Trinajstić information content (AvgIpc) is 3.19. The number of hydrogen-bond donors (Lipinski definition) is 1. The van der Waals surface area contributed by atoms with E-state index in [1.807, 2.05) is 12.1 Å². The second kappa shape index (κ2) is 10.0. The standard InChI is InChI=1S/C29H30N2O3/c1-4-5-10-27-30-25-16-15-23(28(32)20(3)29(33)34)17-26(25)31(27)18-21-11-13-22(14-12-21)24-9-7-6-8-19(24)2/h6-9,11-17,20H,4-5,10,18H2,1-3H3,(H,33,34). The Hall–Kier alpha value is -3.73. The Morgan fingerprint density at radius 2 is 1.76 bits per heavy atom. The van der Waals surface area contributed by atoms with Crippen molar-refractivity contribution in [1.29, 1.82) is 0 Å². The summed E-state index contributed by atoms with van der Waals surface area (Å²) in [5.41, 5.74) is 6.87. The Balaban J connectivity index is 1.70. The number of carbonyl (C=O) groups is 2. The van der Waals surface area contributed by atoms with Crippen LogP contribution in [0.25, 0.3) is 22.2 Å². The van der Waals surface area contributed by atoms with Crippen molar-refractivity contribution < 1.29 is 14.7 Å². The summed E-state index contributed by atoms with van der Waals surface area (Å²) in [5, 5.41) is 9.26. The number of fused-ring (bicyclic) bond motifs is 1. The van der Waals surface area contributed by atoms with Gasteiger partial charge in [0.05, 0.1) is 11.0 Å². The highest BCUT2D eigenvalue weighted by Gasteiger charge is 2.23. The topological polar surface area (TPSA) is 72.2 Å². The molecule has 0 aliphatic heterocycles. The molecule has 0 amide bonds. The van der Waals surface area contributed by atoms with Crippen LogP contribution in [0.2, 0.25) is 0 Å². The molecule has 0 saturated carbocycles. The summed E-state index contributed by atoms with van der Waals surface area (Å²) in [6.45, 7) is 6.33. The summed E-state index contributed by atoms with van der Waals surface area (Å²) in [4.78, 5) is 28.8. The van der Waals surface area contributed by atoms with Crippen molar-refractivity contribution in [1.82, 2.24) is 9.55 Å². The number of nitrogens with zero attached hydrogens (tertiary/aromatic N) is 2. The number of carboxylic acid groups (broad SMARTS) is 1. The van der Waals surface area contributed by atoms with Gasteiger partial charge in [-0.15, -0.1) is 0 Å². The zero-order chi connectivity index (χ0) is 24.2. The zero-order valence-corrected chi connectivity index (χ0v) is 19.9. The van der Waals surface area contributed by atoms with Crippen LogP contribution in [0.1, 0.15) is 54.0 Å². The van der Waals surface area contributed by atoms with E-state index in [0.29, 0.717) is 12.1 Å². The number of benzene rings is 3. The third-order valence-electron chi connectivity index (χ3n) is 6.38. The summed E-state index contributed by atoms with van der Waals surface area (Å²) in [6.07, 6.45) is 2.94. The predicted octanol–water partition coefficient (Wildman–Crippen LogP) is 6.31. The van der Waals surface area contributed by atoms with E-state index in [-0.39, 0.29) is 5.78 Å². The van der Waals surface area contributed by atoms with Crippen LogP contribution in [-0.2, 0) is 17.8 Å². The van der Waals surface area contributed by atoms with Crippen molar-refractivity contribution in [3.05, 3.63) is 89.2 Å². The van der Waals surface area contributed by atoms with E-state index in [9.17, 15) is 14.7 Å². The van der Waals surface area contributed by atoms with Crippen LogP contribution < -0.4 is 0 Å². The summed E-state index contributed by atoms with van der Waals surface area (Å²) < 4.78 is 2.16. The number of unbranched alkanes of at least 4 members (excludes halogenated alkanes) is 1. The lowest BCUT2D eigenvalue weighted by molar-refractivity contribution is -0.139. The van der Waals surface area contributed by atoms with Crippen molar-refractivity contribution in [3.8, 4) is 11.1 Å². The Kier molecular flexibility index (Phi) is 6.92. The SMILES string of the molecule is CCCCc1nc2ccc(C(=O)C(C)C(=O)O)cc2n1Cc1ccc(-c2ccccc2C)cc1. The first kappa shape index (κ1) is 23.4. The number of hydrogen-bond acceptors (Lipinski definition) is 3. The summed E-state index contributed by atoms with van der Waals surface area (Å²) >= 11 is 0. The predicted molar refractivity (Wildman–Crippen MR) is 135 cm³/mol. The molecule has 1 atom stereocenters. The van der Waals surface area contributed by atoms with Gasteiger partial charge in [-0.25, -0.2) is 4.98 Å². The molecular weight excluding hydrogens is 424 g/mol. The lowest BCUT2D eigenvalue weighted by atomic mass is 9.99. The van der Waals surface area contributed by atoms with E-state index in [0.717, 1.165) is 41.7 Å². The van der Waals surface area contributed by atoms with Crippen molar-refractivity contribution >= 4 is 22.8 Å². The molecule has 1 N–H and O–H groups in total. The molecule has 34 heavy (non-hydrogen) atoms. The first-order chi connectivity index (χ1) is 16.4. The minimum Gasteiger partial charge on any atom is -0.481 e. The number of carbonyl (C=O) groups excluding carboxylic acids is 1. The van der Waals surface area contributed by atoms with Gasteiger partial charge in [0.15, 0.2) is 5.78 Å². The van der Waals surface area contributed by atoms with Crippen LogP contribution in [0.4, 0.5) is 0 Å². The van der Waals surface area contributed by atoms with E-state index < -0.39 is 11.9 Å². The molecular formula is C29H30N2O3. The number of aliphatic carboxylic acids is 1. The van der Waals surface area contributed by atoms with Crippen LogP contribution in [0.15, 0.2) is 66.7 Å². The molecule has 1 heterocycles. The van der Waals surface area contributed by atoms with Crippen molar-refractivity contribution in [2.75, 3.05) is 0 Å². The van der Waals surface area contributed by atoms with Crippen LogP contribution in [-0.4, -0.2) is 26.4 Å². The van der Waals surface area contributed by atoms with Gasteiger partial charge in [0, 0.05) is 18.5 Å². The van der Waals surface area contributed by atoms with Crippen molar-refractivity contribution in [2.45, 2.75) is 46.6 Å². The van der Waals surface area contributed by atoms with Crippen LogP contribution >= 0.6 is 0 Å². The van der Waals surface area contributed by atoms with E-state index in [2.05, 4.69) is 60.9 Å². The summed E-state index contributed by atoms with van der Waals surface area (Å²) in [5.74, 6) is -1.60. The highest BCUT2D eigenvalue weighted by Crippen LogP contribution is 2.26. The fourth-order valence-electron chi connectivity index (χ4n) is 4.26. The van der Waals surface area contributed by atoms with E-state index >= 15 is 0 Å². The zero-order valence-electron chi connectivity index (χ0n) is 19.9. The smallest absolute Gasteiger partial charge is 0.314 e. The Bertz CT molecular complexity index is 1340. The summed E-state index contributed by atoms with van der Waals surface area (Å²) in [7, 11) is 0. The van der Waals surface area contributed by atoms with Gasteiger partial charge < -0.3 is 9.67 Å². The highest BCUT2D eigenvalue weighted by molar-refractivity contribution is 6.09. The Morgan fingerprint density at radius 1 is 1.03 bits per heavy atom. The Labute approximate surface area is 200 Å². The van der Waals surface area contributed by atoms with Crippen molar-refractivity contribution in [3.63, 3.8) is 0 Å². The molecule has 5 nitrogen and oxygen atoms in total. The number of Topliss-reactive ketones (excluding diaryl/α,β-unsaturated/α-hetero) is 1. The van der Waals surface area contributed by atoms with Crippen LogP contribution in [0.3, 0.4) is 0 Å². The first-order valence-electron chi connectivity index (χ1n) is 11.8. The number of aromatic nitrogens is 2. The third kappa shape index (κ3) is 4.79. The number of imidazole rings is 1. The maximum atomic E-state index is 12.7. The Morgan fingerprint density at radius 3 is 2.44 bits per heavy atom. The van der Waals surface area contributed by atoms with Gasteiger partial charge in [0.1, 0.15) is 11.7 Å². The van der Waals surface area contributed by atoms with Gasteiger partial charge in [0.25, 0.3) is 0 Å². The quantitative estimate of drug-likeness (QED) is 0.238. The second-order valence-corrected chi connectivity index (χ2v) is 8.86. The van der Waals surface area contributed by atoms with E-state index in [1.165, 1.54) is 23.6 Å². The summed E-state index contributed by atoms with van der Waals surface area (Å²) in [6, 6.07) is 22.2. The molecule has 5 heteroatoms. The lowest BCUT2D eigenvalue weighted by Crippen LogP contribution is -2.20. The van der Waals surface area contributed by atoms with Gasteiger partial charge in [0.2, 0.25) is 0 Å². The van der Waals surface area contributed by atoms with E-state index in [4.69, 9.17) is 4.98 Å². The third-order valence-corrected chi connectivity index (χ3v) is 6.38. The maximum Gasteiger partial charge on any atom is 0.314 e. The van der Waals surface area contributed by atoms with Crippen LogP contribution in [0, 0.1) is 12.8 Å². The van der Waals surface area contributed by atoms with Gasteiger partial charge in [-0.1, -0.05) is 61.9 Å². The number of rotatable bonds is 9. The molecule has 4 aromatic rings. The fourth-order valence-corrected chi connectivity index (χ4v) is 4.26. The molecule has 0 aliphatic carbocycles. The normalized spacial score (nSPS) is 12.1. The van der Waals surface area contributed by atoms with Crippen LogP contribution in [0.5, 0.6) is 0 Å². The molecule has 0 bridgehead atoms. The number of aryl methyl sites for hydroxylation is 2.